The van der Waals surface area contributed by atoms with Crippen LogP contribution in [0.3, 0.4) is 0 Å². The second-order valence-electron chi connectivity index (χ2n) is 7.26. The molecule has 0 spiro atoms. The number of ether oxygens (including phenoxy) is 1. The number of halogens is 1. The summed E-state index contributed by atoms with van der Waals surface area (Å²) in [5, 5.41) is 32.9. The number of imidazole rings is 1. The van der Waals surface area contributed by atoms with Crippen molar-refractivity contribution in [3.8, 4) is 0 Å². The Morgan fingerprint density at radius 3 is 2.63 bits per heavy atom. The number of hydrogen-bond acceptors (Lipinski definition) is 8. The monoisotopic (exact) mass is 433 g/mol. The number of unbranched alkanes of at least 4 members (excludes halogenated alkanes) is 1. The van der Waals surface area contributed by atoms with Gasteiger partial charge in [0.2, 0.25) is 5.28 Å². The van der Waals surface area contributed by atoms with Crippen LogP contribution in [0.15, 0.2) is 36.7 Å². The molecule has 1 aliphatic heterocycles. The Hall–Kier alpha value is -2.30. The summed E-state index contributed by atoms with van der Waals surface area (Å²) in [6.07, 6.45) is 0.149. The van der Waals surface area contributed by atoms with Crippen molar-refractivity contribution in [1.82, 2.24) is 19.5 Å². The van der Waals surface area contributed by atoms with Crippen LogP contribution in [0.25, 0.3) is 11.2 Å². The summed E-state index contributed by atoms with van der Waals surface area (Å²) < 4.78 is 7.06. The van der Waals surface area contributed by atoms with Gasteiger partial charge in [-0.3, -0.25) is 4.57 Å². The molecule has 0 bridgehead atoms. The van der Waals surface area contributed by atoms with E-state index in [0.717, 1.165) is 19.3 Å². The number of aromatic nitrogens is 4. The van der Waals surface area contributed by atoms with E-state index in [9.17, 15) is 15.3 Å². The second kappa shape index (κ2) is 9.23. The van der Waals surface area contributed by atoms with Gasteiger partial charge in [0.25, 0.3) is 0 Å². The highest BCUT2D eigenvalue weighted by atomic mass is 35.5. The molecule has 4 rings (SSSR count). The molecule has 0 aliphatic carbocycles. The third kappa shape index (κ3) is 4.26. The maximum Gasteiger partial charge on any atom is 0.226 e. The standard InChI is InChI=1S/C20H24ClN5O4/c21-20-24-17(22-9-5-4-8-12-6-2-1-3-7-12)14-18(25-20)26(11-23-14)19-16(29)15(28)13(10-27)30-19/h1-3,6-7,11,13,15-16,19,27-29H,4-5,8-10H2,(H,22,24,25)/t13-,15-,16-,19-/m1/s1. The van der Waals surface area contributed by atoms with Crippen molar-refractivity contribution in [2.45, 2.75) is 43.8 Å². The number of aliphatic hydroxyl groups is 3. The van der Waals surface area contributed by atoms with Gasteiger partial charge in [-0.2, -0.15) is 9.97 Å². The molecule has 1 aliphatic rings. The minimum absolute atomic E-state index is 0.0304. The Labute approximate surface area is 178 Å². The van der Waals surface area contributed by atoms with E-state index in [1.807, 2.05) is 18.2 Å². The predicted octanol–water partition coefficient (Wildman–Crippen LogP) is 1.53. The minimum Gasteiger partial charge on any atom is -0.394 e. The summed E-state index contributed by atoms with van der Waals surface area (Å²) in [7, 11) is 0. The van der Waals surface area contributed by atoms with Crippen molar-refractivity contribution < 1.29 is 20.1 Å². The molecule has 30 heavy (non-hydrogen) atoms. The highest BCUT2D eigenvalue weighted by Crippen LogP contribution is 2.32. The highest BCUT2D eigenvalue weighted by Gasteiger charge is 2.44. The molecule has 9 nitrogen and oxygen atoms in total. The first-order chi connectivity index (χ1) is 14.6. The number of nitrogens with one attached hydrogen (secondary N) is 1. The molecule has 0 radical (unpaired) electrons. The molecule has 0 amide bonds. The van der Waals surface area contributed by atoms with Crippen LogP contribution < -0.4 is 5.32 Å². The lowest BCUT2D eigenvalue weighted by Gasteiger charge is -2.16. The maximum atomic E-state index is 10.3. The highest BCUT2D eigenvalue weighted by molar-refractivity contribution is 6.28. The van der Waals surface area contributed by atoms with Crippen molar-refractivity contribution in [3.63, 3.8) is 0 Å². The zero-order chi connectivity index (χ0) is 21.1. The lowest BCUT2D eigenvalue weighted by atomic mass is 10.1. The zero-order valence-electron chi connectivity index (χ0n) is 16.2. The van der Waals surface area contributed by atoms with Gasteiger partial charge in [-0.05, 0) is 36.4 Å². The van der Waals surface area contributed by atoms with Gasteiger partial charge in [0, 0.05) is 6.54 Å². The van der Waals surface area contributed by atoms with Crippen LogP contribution in [0.5, 0.6) is 0 Å². The van der Waals surface area contributed by atoms with Crippen molar-refractivity contribution in [3.05, 3.63) is 47.5 Å². The van der Waals surface area contributed by atoms with Crippen molar-refractivity contribution in [1.29, 1.82) is 0 Å². The molecule has 4 N–H and O–H groups in total. The topological polar surface area (TPSA) is 126 Å². The van der Waals surface area contributed by atoms with Gasteiger partial charge in [0.1, 0.15) is 18.3 Å². The number of hydrogen-bond donors (Lipinski definition) is 4. The Morgan fingerprint density at radius 2 is 1.90 bits per heavy atom. The van der Waals surface area contributed by atoms with E-state index < -0.39 is 31.1 Å². The van der Waals surface area contributed by atoms with Crippen LogP contribution in [-0.2, 0) is 11.2 Å². The summed E-state index contributed by atoms with van der Waals surface area (Å²) in [5.74, 6) is 0.496. The summed E-state index contributed by atoms with van der Waals surface area (Å²) in [4.78, 5) is 12.8. The first-order valence-electron chi connectivity index (χ1n) is 9.89. The molecule has 10 heteroatoms. The molecule has 1 fully saturated rings. The van der Waals surface area contributed by atoms with Gasteiger partial charge in [-0.1, -0.05) is 30.3 Å². The van der Waals surface area contributed by atoms with E-state index in [2.05, 4.69) is 32.4 Å². The Kier molecular flexibility index (Phi) is 6.45. The van der Waals surface area contributed by atoms with Crippen LogP contribution >= 0.6 is 11.6 Å². The lowest BCUT2D eigenvalue weighted by molar-refractivity contribution is -0.0511. The molecule has 1 aromatic carbocycles. The van der Waals surface area contributed by atoms with E-state index in [-0.39, 0.29) is 5.28 Å². The Morgan fingerprint density at radius 1 is 1.10 bits per heavy atom. The van der Waals surface area contributed by atoms with Crippen LogP contribution in [0.1, 0.15) is 24.6 Å². The Bertz CT molecular complexity index is 986. The molecule has 4 atom stereocenters. The molecular formula is C20H24ClN5O4. The normalized spacial score (nSPS) is 23.9. The van der Waals surface area contributed by atoms with Crippen LogP contribution in [0.4, 0.5) is 5.82 Å². The predicted molar refractivity (Wildman–Crippen MR) is 111 cm³/mol. The largest absolute Gasteiger partial charge is 0.394 e. The SMILES string of the molecule is OC[C@H]1O[C@@H](n2cnc3c(NCCCCc4ccccc4)nc(Cl)nc32)[C@H](O)[C@@H]1O. The van der Waals surface area contributed by atoms with Crippen LogP contribution in [0, 0.1) is 0 Å². The maximum absolute atomic E-state index is 10.3. The average molecular weight is 434 g/mol. The third-order valence-electron chi connectivity index (χ3n) is 5.21. The molecule has 0 unspecified atom stereocenters. The van der Waals surface area contributed by atoms with Crippen LogP contribution in [0.2, 0.25) is 5.28 Å². The summed E-state index contributed by atoms with van der Waals surface area (Å²) >= 11 is 6.10. The second-order valence-corrected chi connectivity index (χ2v) is 7.60. The fourth-order valence-corrected chi connectivity index (χ4v) is 3.78. The minimum atomic E-state index is -1.23. The molecule has 0 saturated carbocycles. The fraction of sp³-hybridized carbons (Fsp3) is 0.450. The first kappa shape index (κ1) is 21.0. The van der Waals surface area contributed by atoms with E-state index >= 15 is 0 Å². The first-order valence-corrected chi connectivity index (χ1v) is 10.3. The van der Waals surface area contributed by atoms with E-state index in [1.54, 1.807) is 0 Å². The summed E-state index contributed by atoms with van der Waals surface area (Å²) in [6, 6.07) is 10.3. The number of fused-ring (bicyclic) bond motifs is 1. The van der Waals surface area contributed by atoms with Gasteiger partial charge in [-0.25, -0.2) is 4.98 Å². The van der Waals surface area contributed by atoms with Crippen molar-refractivity contribution >= 4 is 28.6 Å². The smallest absolute Gasteiger partial charge is 0.226 e. The van der Waals surface area contributed by atoms with E-state index in [0.29, 0.717) is 23.5 Å². The number of rotatable bonds is 8. The van der Waals surface area contributed by atoms with E-state index in [4.69, 9.17) is 16.3 Å². The lowest BCUT2D eigenvalue weighted by Crippen LogP contribution is -2.33. The average Bonchev–Trinajstić information content (AvgIpc) is 3.29. The van der Waals surface area contributed by atoms with Crippen molar-refractivity contribution in [2.24, 2.45) is 0 Å². The number of aryl methyl sites for hydroxylation is 1. The molecule has 2 aromatic heterocycles. The number of anilines is 1. The Balaban J connectivity index is 1.45. The third-order valence-corrected chi connectivity index (χ3v) is 5.38. The van der Waals surface area contributed by atoms with Gasteiger partial charge >= 0.3 is 0 Å². The zero-order valence-corrected chi connectivity index (χ0v) is 17.0. The fourth-order valence-electron chi connectivity index (χ4n) is 3.61. The van der Waals surface area contributed by atoms with Gasteiger partial charge in [-0.15, -0.1) is 0 Å². The number of benzene rings is 1. The van der Waals surface area contributed by atoms with E-state index in [1.165, 1.54) is 16.5 Å². The molecule has 3 heterocycles. The van der Waals surface area contributed by atoms with Gasteiger partial charge in [0.15, 0.2) is 23.2 Å². The van der Waals surface area contributed by atoms with Crippen LogP contribution in [-0.4, -0.2) is 66.3 Å². The van der Waals surface area contributed by atoms with Gasteiger partial charge < -0.3 is 25.4 Å². The van der Waals surface area contributed by atoms with Crippen molar-refractivity contribution in [2.75, 3.05) is 18.5 Å². The number of nitrogens with zero attached hydrogens (tertiary/aromatic N) is 4. The molecule has 3 aromatic rings. The summed E-state index contributed by atoms with van der Waals surface area (Å²) in [6.45, 7) is 0.281. The van der Waals surface area contributed by atoms with Gasteiger partial charge in [0.05, 0.1) is 12.9 Å². The molecule has 160 valence electrons. The quantitative estimate of drug-likeness (QED) is 0.311. The molecular weight excluding hydrogens is 410 g/mol. The number of aliphatic hydroxyl groups excluding tert-OH is 3. The molecule has 1 saturated heterocycles. The summed E-state index contributed by atoms with van der Waals surface area (Å²) in [5.41, 5.74) is 2.17.